The molecule has 0 bridgehead atoms. The van der Waals surface area contributed by atoms with Gasteiger partial charge < -0.3 is 0 Å². The number of rotatable bonds is 8. The van der Waals surface area contributed by atoms with Gasteiger partial charge in [-0.25, -0.2) is 9.97 Å². The number of aryl methyl sites for hydroxylation is 1. The Morgan fingerprint density at radius 3 is 2.50 bits per heavy atom. The Kier molecular flexibility index (Phi) is 7.31. The van der Waals surface area contributed by atoms with E-state index < -0.39 is 0 Å². The van der Waals surface area contributed by atoms with Gasteiger partial charge in [0.15, 0.2) is 5.82 Å². The number of hydrogen-bond donors (Lipinski definition) is 0. The van der Waals surface area contributed by atoms with Crippen LogP contribution in [0.25, 0.3) is 6.08 Å². The monoisotopic (exact) mass is 246 g/mol. The molecule has 0 aliphatic rings. The topological polar surface area (TPSA) is 25.8 Å². The molecular formula is C16H26N2. The minimum Gasteiger partial charge on any atom is -0.237 e. The highest BCUT2D eigenvalue weighted by Gasteiger charge is 2.03. The van der Waals surface area contributed by atoms with Crippen LogP contribution >= 0.6 is 0 Å². The molecule has 100 valence electrons. The Morgan fingerprint density at radius 2 is 1.89 bits per heavy atom. The van der Waals surface area contributed by atoms with E-state index in [9.17, 15) is 0 Å². The Hall–Kier alpha value is -1.18. The summed E-state index contributed by atoms with van der Waals surface area (Å²) in [7, 11) is 0. The third-order valence-electron chi connectivity index (χ3n) is 3.20. The van der Waals surface area contributed by atoms with Crippen LogP contribution in [0.2, 0.25) is 0 Å². The molecule has 1 rings (SSSR count). The van der Waals surface area contributed by atoms with Gasteiger partial charge in [-0.15, -0.1) is 0 Å². The van der Waals surface area contributed by atoms with Crippen LogP contribution in [0.5, 0.6) is 0 Å². The number of aromatic nitrogens is 2. The van der Waals surface area contributed by atoms with E-state index in [4.69, 9.17) is 0 Å². The third kappa shape index (κ3) is 5.95. The fraction of sp³-hybridized carbons (Fsp3) is 0.625. The molecule has 2 heteroatoms. The van der Waals surface area contributed by atoms with Crippen LogP contribution in [-0.4, -0.2) is 9.97 Å². The second-order valence-electron chi connectivity index (χ2n) is 5.05. The van der Waals surface area contributed by atoms with Crippen LogP contribution in [0, 0.1) is 5.92 Å². The van der Waals surface area contributed by atoms with Crippen LogP contribution in [0.4, 0.5) is 0 Å². The van der Waals surface area contributed by atoms with E-state index in [-0.39, 0.29) is 0 Å². The molecule has 1 atom stereocenters. The molecule has 1 aromatic rings. The average molecular weight is 246 g/mol. The van der Waals surface area contributed by atoms with Crippen molar-refractivity contribution >= 4 is 6.08 Å². The van der Waals surface area contributed by atoms with Crippen LogP contribution < -0.4 is 0 Å². The summed E-state index contributed by atoms with van der Waals surface area (Å²) in [5, 5.41) is 0. The SMILES string of the molecule is CC/C=C/c1ncc(CCC(C)CCCC)cn1. The van der Waals surface area contributed by atoms with Gasteiger partial charge in [0.05, 0.1) is 0 Å². The first kappa shape index (κ1) is 14.9. The summed E-state index contributed by atoms with van der Waals surface area (Å²) < 4.78 is 0. The second kappa shape index (κ2) is 8.84. The summed E-state index contributed by atoms with van der Waals surface area (Å²) in [6.07, 6.45) is 15.4. The first-order chi connectivity index (χ1) is 8.76. The predicted molar refractivity (Wildman–Crippen MR) is 78.4 cm³/mol. The van der Waals surface area contributed by atoms with Crippen molar-refractivity contribution in [2.75, 3.05) is 0 Å². The van der Waals surface area contributed by atoms with E-state index in [1.54, 1.807) is 0 Å². The summed E-state index contributed by atoms with van der Waals surface area (Å²) in [5.41, 5.74) is 1.26. The lowest BCUT2D eigenvalue weighted by Gasteiger charge is -2.09. The molecule has 2 nitrogen and oxygen atoms in total. The Balaban J connectivity index is 2.36. The van der Waals surface area contributed by atoms with Crippen molar-refractivity contribution in [3.05, 3.63) is 29.9 Å². The van der Waals surface area contributed by atoms with Crippen molar-refractivity contribution in [2.45, 2.75) is 59.3 Å². The van der Waals surface area contributed by atoms with Crippen molar-refractivity contribution in [2.24, 2.45) is 5.92 Å². The van der Waals surface area contributed by atoms with Gasteiger partial charge in [-0.1, -0.05) is 46.1 Å². The molecule has 0 saturated carbocycles. The summed E-state index contributed by atoms with van der Waals surface area (Å²) >= 11 is 0. The standard InChI is InChI=1S/C16H26N2/c1-4-6-8-14(3)10-11-15-12-17-16(18-13-15)9-7-5-2/h7,9,12-14H,4-6,8,10-11H2,1-3H3/b9-7+. The first-order valence-corrected chi connectivity index (χ1v) is 7.23. The van der Waals surface area contributed by atoms with Crippen molar-refractivity contribution in [3.8, 4) is 0 Å². The average Bonchev–Trinajstić information content (AvgIpc) is 2.41. The largest absolute Gasteiger partial charge is 0.237 e. The van der Waals surface area contributed by atoms with Crippen molar-refractivity contribution in [1.82, 2.24) is 9.97 Å². The summed E-state index contributed by atoms with van der Waals surface area (Å²) in [4.78, 5) is 8.72. The van der Waals surface area contributed by atoms with Crippen molar-refractivity contribution in [3.63, 3.8) is 0 Å². The van der Waals surface area contributed by atoms with E-state index in [1.165, 1.54) is 31.2 Å². The Bertz CT molecular complexity index is 341. The molecule has 0 N–H and O–H groups in total. The van der Waals surface area contributed by atoms with Crippen LogP contribution in [0.15, 0.2) is 18.5 Å². The summed E-state index contributed by atoms with van der Waals surface area (Å²) in [6, 6.07) is 0. The highest BCUT2D eigenvalue weighted by Crippen LogP contribution is 2.14. The van der Waals surface area contributed by atoms with Gasteiger partial charge in [-0.05, 0) is 36.8 Å². The molecule has 0 radical (unpaired) electrons. The summed E-state index contributed by atoms with van der Waals surface area (Å²) in [6.45, 7) is 6.71. The predicted octanol–water partition coefficient (Wildman–Crippen LogP) is 4.66. The molecule has 18 heavy (non-hydrogen) atoms. The van der Waals surface area contributed by atoms with E-state index in [0.717, 1.165) is 24.6 Å². The van der Waals surface area contributed by atoms with E-state index in [2.05, 4.69) is 36.8 Å². The lowest BCUT2D eigenvalue weighted by Crippen LogP contribution is -1.99. The molecular weight excluding hydrogens is 220 g/mol. The third-order valence-corrected chi connectivity index (χ3v) is 3.20. The van der Waals surface area contributed by atoms with Gasteiger partial charge in [0, 0.05) is 12.4 Å². The molecule has 0 saturated heterocycles. The van der Waals surface area contributed by atoms with Crippen LogP contribution in [0.3, 0.4) is 0 Å². The maximum Gasteiger partial charge on any atom is 0.151 e. The zero-order valence-corrected chi connectivity index (χ0v) is 12.0. The zero-order valence-electron chi connectivity index (χ0n) is 12.0. The summed E-state index contributed by atoms with van der Waals surface area (Å²) in [5.74, 6) is 1.63. The van der Waals surface area contributed by atoms with Crippen molar-refractivity contribution < 1.29 is 0 Å². The molecule has 1 aromatic heterocycles. The minimum atomic E-state index is 0.810. The molecule has 0 aromatic carbocycles. The highest BCUT2D eigenvalue weighted by molar-refractivity contribution is 5.39. The fourth-order valence-electron chi connectivity index (χ4n) is 1.91. The van der Waals surface area contributed by atoms with Gasteiger partial charge in [0.1, 0.15) is 0 Å². The fourth-order valence-corrected chi connectivity index (χ4v) is 1.91. The highest BCUT2D eigenvalue weighted by atomic mass is 14.8. The molecule has 1 heterocycles. The van der Waals surface area contributed by atoms with Crippen LogP contribution in [-0.2, 0) is 6.42 Å². The second-order valence-corrected chi connectivity index (χ2v) is 5.05. The molecule has 0 aliphatic heterocycles. The van der Waals surface area contributed by atoms with Gasteiger partial charge in [-0.3, -0.25) is 0 Å². The van der Waals surface area contributed by atoms with Crippen molar-refractivity contribution in [1.29, 1.82) is 0 Å². The Morgan fingerprint density at radius 1 is 1.17 bits per heavy atom. The zero-order chi connectivity index (χ0) is 13.2. The smallest absolute Gasteiger partial charge is 0.151 e. The van der Waals surface area contributed by atoms with E-state index in [1.807, 2.05) is 18.5 Å². The molecule has 0 amide bonds. The number of unbranched alkanes of at least 4 members (excludes halogenated alkanes) is 1. The van der Waals surface area contributed by atoms with Crippen LogP contribution in [0.1, 0.15) is 64.3 Å². The van der Waals surface area contributed by atoms with E-state index in [0.29, 0.717) is 0 Å². The lowest BCUT2D eigenvalue weighted by atomic mass is 9.97. The maximum absolute atomic E-state index is 4.36. The van der Waals surface area contributed by atoms with Gasteiger partial charge in [-0.2, -0.15) is 0 Å². The normalized spacial score (nSPS) is 13.1. The van der Waals surface area contributed by atoms with Gasteiger partial charge in [0.2, 0.25) is 0 Å². The maximum atomic E-state index is 4.36. The molecule has 0 aliphatic carbocycles. The van der Waals surface area contributed by atoms with E-state index >= 15 is 0 Å². The number of hydrogen-bond acceptors (Lipinski definition) is 2. The quantitative estimate of drug-likeness (QED) is 0.666. The Labute approximate surface area is 112 Å². The molecule has 0 fully saturated rings. The molecule has 1 unspecified atom stereocenters. The van der Waals surface area contributed by atoms with Gasteiger partial charge >= 0.3 is 0 Å². The lowest BCUT2D eigenvalue weighted by molar-refractivity contribution is 0.471. The first-order valence-electron chi connectivity index (χ1n) is 7.23. The van der Waals surface area contributed by atoms with Gasteiger partial charge in [0.25, 0.3) is 0 Å². The molecule has 0 spiro atoms. The minimum absolute atomic E-state index is 0.810. The number of allylic oxidation sites excluding steroid dienone is 1. The number of nitrogens with zero attached hydrogens (tertiary/aromatic N) is 2.